The molecule has 0 atom stereocenters. The van der Waals surface area contributed by atoms with Crippen LogP contribution in [0.15, 0.2) is 0 Å². The quantitative estimate of drug-likeness (QED) is 0.389. The fourth-order valence-electron chi connectivity index (χ4n) is 0.102. The fourth-order valence-corrected chi connectivity index (χ4v) is 0.102. The second-order valence-electron chi connectivity index (χ2n) is 0.894. The average molecular weight is 119 g/mol. The Balaban J connectivity index is 0. The number of carbonyl (C=O) groups excluding carboxylic acids is 1. The number of unbranched alkanes of at least 4 members (excludes halogenated alkanes) is 1. The zero-order valence-corrected chi connectivity index (χ0v) is 5.38. The molecule has 6 heavy (non-hydrogen) atoms. The van der Waals surface area contributed by atoms with Gasteiger partial charge in [0.15, 0.2) is 0 Å². The molecular formula is C4H7OTi-. The Kier molecular flexibility index (Phi) is 14.5. The average Bonchev–Trinajstić information content (AvgIpc) is 1.41. The zero-order chi connectivity index (χ0) is 4.12. The van der Waals surface area contributed by atoms with Gasteiger partial charge in [0, 0.05) is 21.7 Å². The normalized spacial score (nSPS) is 6.17. The molecule has 0 heterocycles. The monoisotopic (exact) mass is 119 g/mol. The van der Waals surface area contributed by atoms with Crippen LogP contribution in [0.2, 0.25) is 0 Å². The Morgan fingerprint density at radius 1 is 1.67 bits per heavy atom. The molecule has 34 valence electrons. The van der Waals surface area contributed by atoms with Crippen LogP contribution >= 0.6 is 0 Å². The summed E-state index contributed by atoms with van der Waals surface area (Å²) in [5, 5.41) is 0. The van der Waals surface area contributed by atoms with Crippen LogP contribution in [0.3, 0.4) is 0 Å². The SMILES string of the molecule is CCC[C-]=O.[Ti]. The van der Waals surface area contributed by atoms with E-state index in [4.69, 9.17) is 0 Å². The summed E-state index contributed by atoms with van der Waals surface area (Å²) >= 11 is 0. The molecule has 0 radical (unpaired) electrons. The van der Waals surface area contributed by atoms with Crippen molar-refractivity contribution in [1.82, 2.24) is 0 Å². The Labute approximate surface area is 53.0 Å². The summed E-state index contributed by atoms with van der Waals surface area (Å²) in [6, 6.07) is 0. The van der Waals surface area contributed by atoms with Crippen LogP contribution in [0.25, 0.3) is 0 Å². The van der Waals surface area contributed by atoms with Crippen LogP contribution in [0.5, 0.6) is 0 Å². The van der Waals surface area contributed by atoms with Crippen molar-refractivity contribution in [3.05, 3.63) is 0 Å². The van der Waals surface area contributed by atoms with Crippen LogP contribution in [-0.4, -0.2) is 6.29 Å². The zero-order valence-electron chi connectivity index (χ0n) is 3.82. The molecular weight excluding hydrogens is 112 g/mol. The minimum atomic E-state index is 0. The molecule has 0 unspecified atom stereocenters. The van der Waals surface area contributed by atoms with Gasteiger partial charge in [0.1, 0.15) is 0 Å². The third-order valence-corrected chi connectivity index (χ3v) is 0.352. The van der Waals surface area contributed by atoms with Crippen molar-refractivity contribution in [3.8, 4) is 0 Å². The largest absolute Gasteiger partial charge is 0.542 e. The van der Waals surface area contributed by atoms with Gasteiger partial charge in [-0.15, -0.1) is 0 Å². The molecule has 0 aromatic heterocycles. The second kappa shape index (κ2) is 9.04. The van der Waals surface area contributed by atoms with E-state index >= 15 is 0 Å². The molecule has 0 N–H and O–H groups in total. The van der Waals surface area contributed by atoms with E-state index < -0.39 is 0 Å². The van der Waals surface area contributed by atoms with Crippen LogP contribution in [0, 0.1) is 0 Å². The van der Waals surface area contributed by atoms with Gasteiger partial charge in [0.25, 0.3) is 0 Å². The van der Waals surface area contributed by atoms with Crippen LogP contribution < -0.4 is 0 Å². The second-order valence-corrected chi connectivity index (χ2v) is 0.894. The molecule has 0 rings (SSSR count). The number of rotatable bonds is 2. The first-order chi connectivity index (χ1) is 2.41. The third-order valence-electron chi connectivity index (χ3n) is 0.352. The predicted octanol–water partition coefficient (Wildman–Crippen LogP) is 0.894. The van der Waals surface area contributed by atoms with Gasteiger partial charge in [-0.25, -0.2) is 0 Å². The maximum Gasteiger partial charge on any atom is 0 e. The molecule has 0 aromatic rings. The van der Waals surface area contributed by atoms with Crippen molar-refractivity contribution in [2.75, 3.05) is 0 Å². The summed E-state index contributed by atoms with van der Waals surface area (Å²) in [4.78, 5) is 9.28. The molecule has 2 heteroatoms. The Morgan fingerprint density at radius 3 is 2.17 bits per heavy atom. The first kappa shape index (κ1) is 9.63. The third kappa shape index (κ3) is 8.83. The van der Waals surface area contributed by atoms with Crippen LogP contribution in [-0.2, 0) is 26.5 Å². The minimum Gasteiger partial charge on any atom is -0.542 e. The molecule has 0 fully saturated rings. The molecule has 0 spiro atoms. The molecule has 1 nitrogen and oxygen atoms in total. The van der Waals surface area contributed by atoms with Crippen molar-refractivity contribution >= 4 is 6.29 Å². The van der Waals surface area contributed by atoms with Gasteiger partial charge in [-0.2, -0.15) is 6.42 Å². The smallest absolute Gasteiger partial charge is 0 e. The summed E-state index contributed by atoms with van der Waals surface area (Å²) in [6.07, 6.45) is 3.27. The summed E-state index contributed by atoms with van der Waals surface area (Å²) in [5.41, 5.74) is 0. The van der Waals surface area contributed by atoms with E-state index in [1.165, 1.54) is 0 Å². The Morgan fingerprint density at radius 2 is 2.17 bits per heavy atom. The summed E-state index contributed by atoms with van der Waals surface area (Å²) < 4.78 is 0. The predicted molar refractivity (Wildman–Crippen MR) is 20.6 cm³/mol. The molecule has 0 saturated heterocycles. The Hall–Kier alpha value is 0.384. The molecule has 0 aliphatic rings. The van der Waals surface area contributed by atoms with Crippen LogP contribution in [0.4, 0.5) is 0 Å². The van der Waals surface area contributed by atoms with E-state index in [1.54, 1.807) is 6.29 Å². The van der Waals surface area contributed by atoms with Gasteiger partial charge in [0.2, 0.25) is 0 Å². The van der Waals surface area contributed by atoms with Gasteiger partial charge < -0.3 is 4.79 Å². The van der Waals surface area contributed by atoms with Gasteiger partial charge in [-0.1, -0.05) is 13.3 Å². The molecule has 0 aliphatic carbocycles. The first-order valence-electron chi connectivity index (χ1n) is 1.76. The van der Waals surface area contributed by atoms with Gasteiger partial charge in [0.05, 0.1) is 0 Å². The molecule has 0 amide bonds. The summed E-state index contributed by atoms with van der Waals surface area (Å²) in [6.45, 7) is 1.95. The van der Waals surface area contributed by atoms with E-state index in [-0.39, 0.29) is 21.7 Å². The van der Waals surface area contributed by atoms with Crippen molar-refractivity contribution in [2.24, 2.45) is 0 Å². The van der Waals surface area contributed by atoms with E-state index in [0.29, 0.717) is 6.42 Å². The molecule has 0 saturated carbocycles. The topological polar surface area (TPSA) is 17.1 Å². The minimum absolute atomic E-state index is 0. The number of hydrogen-bond donors (Lipinski definition) is 0. The van der Waals surface area contributed by atoms with Crippen molar-refractivity contribution < 1.29 is 26.5 Å². The van der Waals surface area contributed by atoms with Gasteiger partial charge in [-0.3, -0.25) is 6.29 Å². The summed E-state index contributed by atoms with van der Waals surface area (Å²) in [7, 11) is 0. The molecule has 0 bridgehead atoms. The Bertz CT molecular complexity index is 28.7. The van der Waals surface area contributed by atoms with Gasteiger partial charge in [-0.05, 0) is 0 Å². The summed E-state index contributed by atoms with van der Waals surface area (Å²) in [5.74, 6) is 0. The molecule has 0 aliphatic heterocycles. The molecule has 0 aromatic carbocycles. The maximum absolute atomic E-state index is 9.28. The maximum atomic E-state index is 9.28. The van der Waals surface area contributed by atoms with Crippen molar-refractivity contribution in [2.45, 2.75) is 19.8 Å². The standard InChI is InChI=1S/C4H7O.Ti/c1-2-3-4-5;/h2-3H2,1H3;/q-1;. The van der Waals surface area contributed by atoms with Crippen LogP contribution in [0.1, 0.15) is 19.8 Å². The fraction of sp³-hybridized carbons (Fsp3) is 0.750. The van der Waals surface area contributed by atoms with E-state index in [1.807, 2.05) is 6.92 Å². The van der Waals surface area contributed by atoms with E-state index in [9.17, 15) is 4.79 Å². The van der Waals surface area contributed by atoms with Gasteiger partial charge >= 0.3 is 0 Å². The first-order valence-corrected chi connectivity index (χ1v) is 1.76. The van der Waals surface area contributed by atoms with Crippen molar-refractivity contribution in [3.63, 3.8) is 0 Å². The number of hydrogen-bond acceptors (Lipinski definition) is 1. The van der Waals surface area contributed by atoms with E-state index in [2.05, 4.69) is 0 Å². The van der Waals surface area contributed by atoms with Crippen molar-refractivity contribution in [1.29, 1.82) is 0 Å². The van der Waals surface area contributed by atoms with E-state index in [0.717, 1.165) is 6.42 Å².